The number of esters is 1. The molecule has 0 saturated heterocycles. The number of anilines is 1. The molecule has 0 fully saturated rings. The third-order valence-electron chi connectivity index (χ3n) is 3.61. The molecule has 0 aliphatic rings. The maximum atomic E-state index is 12.4. The summed E-state index contributed by atoms with van der Waals surface area (Å²) >= 11 is 0. The lowest BCUT2D eigenvalue weighted by atomic mass is 10.0. The number of hydrogen-bond donors (Lipinski definition) is 1. The SMILES string of the molecule is CC(=O)Oc1cccc(NC(=O)c2ccc(-c3ccccc3)cc2)c1. The fourth-order valence-electron chi connectivity index (χ4n) is 2.45. The highest BCUT2D eigenvalue weighted by molar-refractivity contribution is 6.04. The van der Waals surface area contributed by atoms with Crippen LogP contribution in [0.2, 0.25) is 0 Å². The highest BCUT2D eigenvalue weighted by atomic mass is 16.5. The van der Waals surface area contributed by atoms with Crippen molar-refractivity contribution in [1.82, 2.24) is 0 Å². The van der Waals surface area contributed by atoms with Gasteiger partial charge in [0.15, 0.2) is 0 Å². The van der Waals surface area contributed by atoms with E-state index in [1.165, 1.54) is 6.92 Å². The van der Waals surface area contributed by atoms with Crippen LogP contribution in [0.5, 0.6) is 5.75 Å². The van der Waals surface area contributed by atoms with E-state index in [2.05, 4.69) is 5.32 Å². The second-order valence-electron chi connectivity index (χ2n) is 5.52. The van der Waals surface area contributed by atoms with Crippen LogP contribution in [-0.2, 0) is 4.79 Å². The lowest BCUT2D eigenvalue weighted by molar-refractivity contribution is -0.131. The molecule has 0 spiro atoms. The Hall–Kier alpha value is -3.40. The molecule has 0 unspecified atom stereocenters. The van der Waals surface area contributed by atoms with Crippen LogP contribution in [0.3, 0.4) is 0 Å². The molecule has 0 aliphatic carbocycles. The molecule has 0 aliphatic heterocycles. The molecule has 3 rings (SSSR count). The average Bonchev–Trinajstić information content (AvgIpc) is 2.62. The monoisotopic (exact) mass is 331 g/mol. The molecule has 4 heteroatoms. The Bertz CT molecular complexity index is 887. The Morgan fingerprint density at radius 1 is 0.800 bits per heavy atom. The second kappa shape index (κ2) is 7.45. The van der Waals surface area contributed by atoms with Crippen LogP contribution >= 0.6 is 0 Å². The third kappa shape index (κ3) is 4.32. The minimum absolute atomic E-state index is 0.223. The molecule has 3 aromatic rings. The van der Waals surface area contributed by atoms with Gasteiger partial charge in [-0.15, -0.1) is 0 Å². The average molecular weight is 331 g/mol. The Kier molecular flexibility index (Phi) is 4.90. The van der Waals surface area contributed by atoms with Gasteiger partial charge in [-0.2, -0.15) is 0 Å². The molecule has 25 heavy (non-hydrogen) atoms. The van der Waals surface area contributed by atoms with Gasteiger partial charge in [0.05, 0.1) is 0 Å². The highest BCUT2D eigenvalue weighted by Gasteiger charge is 2.08. The fraction of sp³-hybridized carbons (Fsp3) is 0.0476. The van der Waals surface area contributed by atoms with Gasteiger partial charge in [0.1, 0.15) is 5.75 Å². The van der Waals surface area contributed by atoms with E-state index in [9.17, 15) is 9.59 Å². The van der Waals surface area contributed by atoms with Crippen LogP contribution in [-0.4, -0.2) is 11.9 Å². The van der Waals surface area contributed by atoms with Gasteiger partial charge in [-0.1, -0.05) is 48.5 Å². The standard InChI is InChI=1S/C21H17NO3/c1-15(23)25-20-9-5-8-19(14-20)22-21(24)18-12-10-17(11-13-18)16-6-3-2-4-7-16/h2-14H,1H3,(H,22,24). The van der Waals surface area contributed by atoms with Gasteiger partial charge in [0, 0.05) is 24.2 Å². The minimum Gasteiger partial charge on any atom is -0.427 e. The Balaban J connectivity index is 1.72. The van der Waals surface area contributed by atoms with Crippen LogP contribution in [0.1, 0.15) is 17.3 Å². The zero-order valence-electron chi connectivity index (χ0n) is 13.7. The van der Waals surface area contributed by atoms with Crippen molar-refractivity contribution in [3.05, 3.63) is 84.4 Å². The van der Waals surface area contributed by atoms with E-state index in [0.717, 1.165) is 11.1 Å². The summed E-state index contributed by atoms with van der Waals surface area (Å²) in [5, 5.41) is 2.80. The summed E-state index contributed by atoms with van der Waals surface area (Å²) in [5.41, 5.74) is 3.27. The van der Waals surface area contributed by atoms with Gasteiger partial charge in [0.2, 0.25) is 0 Å². The molecular formula is C21H17NO3. The molecule has 0 heterocycles. The molecule has 1 N–H and O–H groups in total. The molecule has 0 bridgehead atoms. The number of ether oxygens (including phenoxy) is 1. The van der Waals surface area contributed by atoms with Crippen molar-refractivity contribution in [2.45, 2.75) is 6.92 Å². The van der Waals surface area contributed by atoms with Gasteiger partial charge in [0.25, 0.3) is 5.91 Å². The van der Waals surface area contributed by atoms with Gasteiger partial charge < -0.3 is 10.1 Å². The molecule has 0 radical (unpaired) electrons. The number of benzene rings is 3. The largest absolute Gasteiger partial charge is 0.427 e. The zero-order chi connectivity index (χ0) is 17.6. The van der Waals surface area contributed by atoms with E-state index in [4.69, 9.17) is 4.74 Å². The molecule has 0 atom stereocenters. The minimum atomic E-state index is -0.403. The molecule has 3 aromatic carbocycles. The zero-order valence-corrected chi connectivity index (χ0v) is 13.7. The molecule has 124 valence electrons. The molecule has 1 amide bonds. The van der Waals surface area contributed by atoms with Crippen LogP contribution in [0.15, 0.2) is 78.9 Å². The lowest BCUT2D eigenvalue weighted by Crippen LogP contribution is -2.12. The van der Waals surface area contributed by atoms with Crippen LogP contribution < -0.4 is 10.1 Å². The Labute approximate surface area is 146 Å². The van der Waals surface area contributed by atoms with E-state index in [1.807, 2.05) is 42.5 Å². The number of nitrogens with one attached hydrogen (secondary N) is 1. The Morgan fingerprint density at radius 2 is 1.48 bits per heavy atom. The van der Waals surface area contributed by atoms with Gasteiger partial charge in [-0.3, -0.25) is 9.59 Å². The summed E-state index contributed by atoms with van der Waals surface area (Å²) in [7, 11) is 0. The van der Waals surface area contributed by atoms with Gasteiger partial charge in [-0.05, 0) is 35.4 Å². The normalized spacial score (nSPS) is 10.1. The van der Waals surface area contributed by atoms with Crippen molar-refractivity contribution < 1.29 is 14.3 Å². The van der Waals surface area contributed by atoms with Crippen molar-refractivity contribution in [3.8, 4) is 16.9 Å². The first-order valence-electron chi connectivity index (χ1n) is 7.87. The van der Waals surface area contributed by atoms with Crippen molar-refractivity contribution >= 4 is 17.6 Å². The van der Waals surface area contributed by atoms with Crippen molar-refractivity contribution in [3.63, 3.8) is 0 Å². The molecule has 0 aromatic heterocycles. The highest BCUT2D eigenvalue weighted by Crippen LogP contribution is 2.21. The lowest BCUT2D eigenvalue weighted by Gasteiger charge is -2.08. The van der Waals surface area contributed by atoms with Crippen LogP contribution in [0.25, 0.3) is 11.1 Å². The van der Waals surface area contributed by atoms with E-state index in [0.29, 0.717) is 17.0 Å². The number of hydrogen-bond acceptors (Lipinski definition) is 3. The first-order valence-corrected chi connectivity index (χ1v) is 7.87. The Morgan fingerprint density at radius 3 is 2.16 bits per heavy atom. The van der Waals surface area contributed by atoms with E-state index in [1.54, 1.807) is 36.4 Å². The van der Waals surface area contributed by atoms with Crippen molar-refractivity contribution in [2.24, 2.45) is 0 Å². The molecule has 0 saturated carbocycles. The summed E-state index contributed by atoms with van der Waals surface area (Å²) < 4.78 is 5.02. The number of carbonyl (C=O) groups is 2. The smallest absolute Gasteiger partial charge is 0.308 e. The first-order chi connectivity index (χ1) is 12.1. The summed E-state index contributed by atoms with van der Waals surface area (Å²) in [5.74, 6) is -0.232. The predicted molar refractivity (Wildman–Crippen MR) is 97.6 cm³/mol. The fourth-order valence-corrected chi connectivity index (χ4v) is 2.45. The van der Waals surface area contributed by atoms with E-state index < -0.39 is 5.97 Å². The third-order valence-corrected chi connectivity index (χ3v) is 3.61. The van der Waals surface area contributed by atoms with Crippen LogP contribution in [0, 0.1) is 0 Å². The number of rotatable bonds is 4. The van der Waals surface area contributed by atoms with Gasteiger partial charge in [-0.25, -0.2) is 0 Å². The number of amides is 1. The maximum absolute atomic E-state index is 12.4. The quantitative estimate of drug-likeness (QED) is 0.564. The van der Waals surface area contributed by atoms with E-state index in [-0.39, 0.29) is 5.91 Å². The number of carbonyl (C=O) groups excluding carboxylic acids is 2. The summed E-state index contributed by atoms with van der Waals surface area (Å²) in [4.78, 5) is 23.4. The predicted octanol–water partition coefficient (Wildman–Crippen LogP) is 4.53. The summed E-state index contributed by atoms with van der Waals surface area (Å²) in [6, 6.07) is 24.1. The maximum Gasteiger partial charge on any atom is 0.308 e. The topological polar surface area (TPSA) is 55.4 Å². The van der Waals surface area contributed by atoms with Crippen molar-refractivity contribution in [2.75, 3.05) is 5.32 Å². The summed E-state index contributed by atoms with van der Waals surface area (Å²) in [6.45, 7) is 1.33. The van der Waals surface area contributed by atoms with E-state index >= 15 is 0 Å². The summed E-state index contributed by atoms with van der Waals surface area (Å²) in [6.07, 6.45) is 0. The van der Waals surface area contributed by atoms with Gasteiger partial charge >= 0.3 is 5.97 Å². The van der Waals surface area contributed by atoms with Crippen molar-refractivity contribution in [1.29, 1.82) is 0 Å². The first kappa shape index (κ1) is 16.5. The second-order valence-corrected chi connectivity index (χ2v) is 5.52. The molecular weight excluding hydrogens is 314 g/mol. The molecule has 4 nitrogen and oxygen atoms in total. The van der Waals surface area contributed by atoms with Crippen LogP contribution in [0.4, 0.5) is 5.69 Å².